The van der Waals surface area contributed by atoms with Crippen LogP contribution in [0.4, 0.5) is 0 Å². The molecular weight excluding hydrogens is 200 g/mol. The molecule has 0 saturated carbocycles. The molecule has 1 aromatic heterocycles. The highest BCUT2D eigenvalue weighted by Gasteiger charge is 2.42. The van der Waals surface area contributed by atoms with E-state index in [1.54, 1.807) is 18.5 Å². The van der Waals surface area contributed by atoms with E-state index in [0.29, 0.717) is 6.54 Å². The summed E-state index contributed by atoms with van der Waals surface area (Å²) >= 11 is 0. The minimum Gasteiger partial charge on any atom is -0.267 e. The molecule has 4 nitrogen and oxygen atoms in total. The molecule has 1 aromatic rings. The smallest absolute Gasteiger partial charge is 0.162 e. The Morgan fingerprint density at radius 2 is 2.14 bits per heavy atom. The Hall–Kier alpha value is -0.840. The lowest BCUT2D eigenvalue weighted by atomic mass is 10.1. The minimum absolute atomic E-state index is 0.189. The van der Waals surface area contributed by atoms with Gasteiger partial charge < -0.3 is 0 Å². The molecule has 14 heavy (non-hydrogen) atoms. The van der Waals surface area contributed by atoms with E-state index >= 15 is 0 Å². The molecule has 0 amide bonds. The molecule has 0 aromatic carbocycles. The maximum absolute atomic E-state index is 11.8. The van der Waals surface area contributed by atoms with E-state index in [1.807, 2.05) is 13.0 Å². The van der Waals surface area contributed by atoms with Crippen molar-refractivity contribution < 1.29 is 8.42 Å². The summed E-state index contributed by atoms with van der Waals surface area (Å²) in [5, 5.41) is 4.26. The Bertz CT molecular complexity index is 471. The van der Waals surface area contributed by atoms with Crippen molar-refractivity contribution in [2.75, 3.05) is 5.75 Å². The van der Waals surface area contributed by atoms with Crippen molar-refractivity contribution in [1.82, 2.24) is 9.78 Å². The van der Waals surface area contributed by atoms with Gasteiger partial charge in [-0.2, -0.15) is 5.10 Å². The summed E-state index contributed by atoms with van der Waals surface area (Å²) in [4.78, 5) is 0. The second-order valence-electron chi connectivity index (χ2n) is 4.22. The fourth-order valence-corrected chi connectivity index (χ4v) is 3.23. The van der Waals surface area contributed by atoms with Crippen LogP contribution in [0.15, 0.2) is 6.07 Å². The van der Waals surface area contributed by atoms with Crippen LogP contribution >= 0.6 is 0 Å². The molecule has 0 unspecified atom stereocenters. The summed E-state index contributed by atoms with van der Waals surface area (Å²) in [5.74, 6) is 0.189. The first kappa shape index (κ1) is 9.71. The first-order valence-electron chi connectivity index (χ1n) is 4.62. The van der Waals surface area contributed by atoms with E-state index in [1.165, 1.54) is 0 Å². The summed E-state index contributed by atoms with van der Waals surface area (Å²) in [6, 6.07) is 1.86. The molecule has 1 aliphatic rings. The molecule has 0 aliphatic carbocycles. The normalized spacial score (nSPS) is 23.1. The van der Waals surface area contributed by atoms with E-state index in [0.717, 1.165) is 11.4 Å². The van der Waals surface area contributed by atoms with Crippen molar-refractivity contribution in [3.8, 4) is 0 Å². The van der Waals surface area contributed by atoms with E-state index in [2.05, 4.69) is 5.10 Å². The highest BCUT2D eigenvalue weighted by molar-refractivity contribution is 7.92. The number of sulfone groups is 1. The molecule has 0 spiro atoms. The van der Waals surface area contributed by atoms with E-state index < -0.39 is 14.6 Å². The number of hydrogen-bond acceptors (Lipinski definition) is 3. The summed E-state index contributed by atoms with van der Waals surface area (Å²) in [6.07, 6.45) is 0. The number of aromatic nitrogens is 2. The van der Waals surface area contributed by atoms with Crippen LogP contribution in [0.25, 0.3) is 0 Å². The molecule has 0 N–H and O–H groups in total. The molecule has 0 saturated heterocycles. The maximum Gasteiger partial charge on any atom is 0.162 e. The third kappa shape index (κ3) is 1.11. The molecule has 2 rings (SSSR count). The zero-order valence-corrected chi connectivity index (χ0v) is 9.43. The molecular formula is C9H14N2O2S. The van der Waals surface area contributed by atoms with E-state index in [4.69, 9.17) is 0 Å². The van der Waals surface area contributed by atoms with Crippen LogP contribution in [0.2, 0.25) is 0 Å². The van der Waals surface area contributed by atoms with Crippen molar-refractivity contribution in [2.45, 2.75) is 32.1 Å². The quantitative estimate of drug-likeness (QED) is 0.643. The standard InChI is InChI=1S/C9H14N2O2S/c1-7-6-8-9(2,3)14(12,13)5-4-11(8)10-7/h6H,4-5H2,1-3H3. The fourth-order valence-electron chi connectivity index (χ4n) is 1.82. The average Bonchev–Trinajstić information content (AvgIpc) is 2.42. The molecule has 1 aliphatic heterocycles. The molecule has 0 radical (unpaired) electrons. The second kappa shape index (κ2) is 2.59. The van der Waals surface area contributed by atoms with Crippen LogP contribution in [-0.2, 0) is 21.1 Å². The molecule has 0 atom stereocenters. The summed E-state index contributed by atoms with van der Waals surface area (Å²) in [5.41, 5.74) is 1.69. The van der Waals surface area contributed by atoms with Gasteiger partial charge in [-0.25, -0.2) is 8.42 Å². The third-order valence-corrected chi connectivity index (χ3v) is 5.35. The van der Waals surface area contributed by atoms with Gasteiger partial charge in [0, 0.05) is 0 Å². The van der Waals surface area contributed by atoms with Gasteiger partial charge in [0.25, 0.3) is 0 Å². The topological polar surface area (TPSA) is 52.0 Å². The highest BCUT2D eigenvalue weighted by Crippen LogP contribution is 2.34. The Labute approximate surface area is 83.8 Å². The van der Waals surface area contributed by atoms with Crippen molar-refractivity contribution in [3.63, 3.8) is 0 Å². The van der Waals surface area contributed by atoms with Crippen LogP contribution in [-0.4, -0.2) is 24.0 Å². The predicted octanol–water partition coefficient (Wildman–Crippen LogP) is 0.855. The zero-order chi connectivity index (χ0) is 10.6. The highest BCUT2D eigenvalue weighted by atomic mass is 32.2. The largest absolute Gasteiger partial charge is 0.267 e. The number of aryl methyl sites for hydroxylation is 2. The minimum atomic E-state index is -3.02. The van der Waals surface area contributed by atoms with E-state index in [9.17, 15) is 8.42 Å². The lowest BCUT2D eigenvalue weighted by Gasteiger charge is -2.30. The molecule has 0 bridgehead atoms. The van der Waals surface area contributed by atoms with Crippen molar-refractivity contribution >= 4 is 9.84 Å². The lowest BCUT2D eigenvalue weighted by Crippen LogP contribution is -2.40. The van der Waals surface area contributed by atoms with Gasteiger partial charge in [0.15, 0.2) is 9.84 Å². The van der Waals surface area contributed by atoms with Gasteiger partial charge in [-0.1, -0.05) is 0 Å². The fraction of sp³-hybridized carbons (Fsp3) is 0.667. The van der Waals surface area contributed by atoms with Crippen molar-refractivity contribution in [3.05, 3.63) is 17.5 Å². The molecule has 2 heterocycles. The van der Waals surface area contributed by atoms with Gasteiger partial charge in [0.2, 0.25) is 0 Å². The Morgan fingerprint density at radius 1 is 1.50 bits per heavy atom. The molecule has 5 heteroatoms. The van der Waals surface area contributed by atoms with Gasteiger partial charge in [0.1, 0.15) is 4.75 Å². The summed E-state index contributed by atoms with van der Waals surface area (Å²) < 4.78 is 24.7. The Morgan fingerprint density at radius 3 is 2.79 bits per heavy atom. The second-order valence-corrected chi connectivity index (χ2v) is 6.88. The number of hydrogen-bond donors (Lipinski definition) is 0. The van der Waals surface area contributed by atoms with Gasteiger partial charge in [-0.05, 0) is 26.8 Å². The SMILES string of the molecule is Cc1cc2n(n1)CCS(=O)(=O)C2(C)C. The predicted molar refractivity (Wildman–Crippen MR) is 53.8 cm³/mol. The number of rotatable bonds is 0. The summed E-state index contributed by atoms with van der Waals surface area (Å²) in [6.45, 7) is 5.85. The maximum atomic E-state index is 11.8. The zero-order valence-electron chi connectivity index (χ0n) is 8.61. The van der Waals surface area contributed by atoms with Gasteiger partial charge in [-0.15, -0.1) is 0 Å². The van der Waals surface area contributed by atoms with Crippen LogP contribution < -0.4 is 0 Å². The lowest BCUT2D eigenvalue weighted by molar-refractivity contribution is 0.487. The van der Waals surface area contributed by atoms with Crippen LogP contribution in [0.1, 0.15) is 25.2 Å². The number of fused-ring (bicyclic) bond motifs is 1. The van der Waals surface area contributed by atoms with Gasteiger partial charge in [0.05, 0.1) is 23.7 Å². The molecule has 0 fully saturated rings. The van der Waals surface area contributed by atoms with Crippen LogP contribution in [0.5, 0.6) is 0 Å². The first-order chi connectivity index (χ1) is 6.34. The Balaban J connectivity index is 2.68. The van der Waals surface area contributed by atoms with Gasteiger partial charge >= 0.3 is 0 Å². The van der Waals surface area contributed by atoms with E-state index in [-0.39, 0.29) is 5.75 Å². The third-order valence-electron chi connectivity index (χ3n) is 2.87. The molecule has 78 valence electrons. The average molecular weight is 214 g/mol. The summed E-state index contributed by atoms with van der Waals surface area (Å²) in [7, 11) is -3.02. The van der Waals surface area contributed by atoms with Gasteiger partial charge in [-0.3, -0.25) is 4.68 Å². The number of nitrogens with zero attached hydrogens (tertiary/aromatic N) is 2. The van der Waals surface area contributed by atoms with Crippen molar-refractivity contribution in [2.24, 2.45) is 0 Å². The monoisotopic (exact) mass is 214 g/mol. The Kier molecular flexibility index (Phi) is 1.80. The first-order valence-corrected chi connectivity index (χ1v) is 6.27. The van der Waals surface area contributed by atoms with Crippen LogP contribution in [0.3, 0.4) is 0 Å². The van der Waals surface area contributed by atoms with Crippen molar-refractivity contribution in [1.29, 1.82) is 0 Å². The van der Waals surface area contributed by atoms with Crippen LogP contribution in [0, 0.1) is 6.92 Å².